The normalized spacial score (nSPS) is 11.6. The maximum atomic E-state index is 12.4. The Morgan fingerprint density at radius 3 is 2.35 bits per heavy atom. The van der Waals surface area contributed by atoms with E-state index in [1.54, 1.807) is 26.8 Å². The van der Waals surface area contributed by atoms with E-state index in [-0.39, 0.29) is 16.8 Å². The van der Waals surface area contributed by atoms with Crippen LogP contribution in [0.3, 0.4) is 0 Å². The summed E-state index contributed by atoms with van der Waals surface area (Å²) in [6.07, 6.45) is 0. The molecule has 0 aliphatic heterocycles. The second kappa shape index (κ2) is 4.78. The molecule has 2 rings (SSSR count). The molecule has 2 aromatic rings. The average molecular weight is 296 g/mol. The number of aryl methyl sites for hydroxylation is 3. The van der Waals surface area contributed by atoms with Crippen molar-refractivity contribution in [2.45, 2.75) is 32.6 Å². The molecule has 20 heavy (non-hydrogen) atoms. The maximum absolute atomic E-state index is 12.4. The van der Waals surface area contributed by atoms with Crippen LogP contribution in [0.15, 0.2) is 15.4 Å². The minimum Gasteiger partial charge on any atom is -0.408 e. The second-order valence-electron chi connectivity index (χ2n) is 4.61. The van der Waals surface area contributed by atoms with Crippen molar-refractivity contribution in [1.82, 2.24) is 10.2 Å². The lowest BCUT2D eigenvalue weighted by Crippen LogP contribution is -2.17. The van der Waals surface area contributed by atoms with Gasteiger partial charge in [-0.2, -0.15) is 0 Å². The molecule has 3 N–H and O–H groups in total. The van der Waals surface area contributed by atoms with Crippen LogP contribution in [0.2, 0.25) is 0 Å². The molecule has 8 heteroatoms. The monoisotopic (exact) mass is 296 g/mol. The van der Waals surface area contributed by atoms with Crippen LogP contribution < -0.4 is 10.5 Å². The average Bonchev–Trinajstić information content (AvgIpc) is 2.70. The second-order valence-corrected chi connectivity index (χ2v) is 6.23. The smallest absolute Gasteiger partial charge is 0.329 e. The van der Waals surface area contributed by atoms with Gasteiger partial charge in [0.15, 0.2) is 0 Å². The SMILES string of the molecule is Cc1nnc(NS(=O)(=O)c2c(C)cc(C)c(N)c2C)o1. The maximum Gasteiger partial charge on any atom is 0.329 e. The number of hydrogen-bond donors (Lipinski definition) is 2. The minimum atomic E-state index is -3.83. The molecule has 0 fully saturated rings. The van der Waals surface area contributed by atoms with Crippen molar-refractivity contribution >= 4 is 21.7 Å². The van der Waals surface area contributed by atoms with Gasteiger partial charge in [-0.3, -0.25) is 0 Å². The predicted molar refractivity (Wildman–Crippen MR) is 74.9 cm³/mol. The van der Waals surface area contributed by atoms with E-state index < -0.39 is 10.0 Å². The molecule has 0 aliphatic rings. The van der Waals surface area contributed by atoms with Crippen LogP contribution in [-0.2, 0) is 10.0 Å². The van der Waals surface area contributed by atoms with Gasteiger partial charge in [-0.1, -0.05) is 11.2 Å². The molecular formula is C12H16N4O3S. The highest BCUT2D eigenvalue weighted by Gasteiger charge is 2.24. The zero-order valence-electron chi connectivity index (χ0n) is 11.7. The van der Waals surface area contributed by atoms with Crippen molar-refractivity contribution in [2.24, 2.45) is 0 Å². The Labute approximate surface area is 117 Å². The van der Waals surface area contributed by atoms with Crippen molar-refractivity contribution in [3.05, 3.63) is 28.6 Å². The fourth-order valence-corrected chi connectivity index (χ4v) is 3.51. The van der Waals surface area contributed by atoms with E-state index in [0.717, 1.165) is 5.56 Å². The Kier molecular flexibility index (Phi) is 3.43. The number of nitrogen functional groups attached to an aromatic ring is 1. The van der Waals surface area contributed by atoms with Gasteiger partial charge >= 0.3 is 6.01 Å². The number of nitrogens with two attached hydrogens (primary N) is 1. The van der Waals surface area contributed by atoms with Crippen LogP contribution in [0, 0.1) is 27.7 Å². The van der Waals surface area contributed by atoms with Crippen LogP contribution in [-0.4, -0.2) is 18.6 Å². The molecule has 0 saturated carbocycles. The van der Waals surface area contributed by atoms with Gasteiger partial charge in [0.1, 0.15) is 0 Å². The molecule has 0 amide bonds. The van der Waals surface area contributed by atoms with Crippen molar-refractivity contribution in [3.63, 3.8) is 0 Å². The van der Waals surface area contributed by atoms with Crippen molar-refractivity contribution in [1.29, 1.82) is 0 Å². The first-order chi connectivity index (χ1) is 9.22. The van der Waals surface area contributed by atoms with E-state index in [9.17, 15) is 8.42 Å². The van der Waals surface area contributed by atoms with Gasteiger partial charge < -0.3 is 10.2 Å². The zero-order valence-corrected chi connectivity index (χ0v) is 12.5. The summed E-state index contributed by atoms with van der Waals surface area (Å²) in [7, 11) is -3.83. The number of sulfonamides is 1. The topological polar surface area (TPSA) is 111 Å². The lowest BCUT2D eigenvalue weighted by Gasteiger charge is -2.14. The van der Waals surface area contributed by atoms with Crippen molar-refractivity contribution in [3.8, 4) is 0 Å². The predicted octanol–water partition coefficient (Wildman–Crippen LogP) is 1.69. The number of hydrogen-bond acceptors (Lipinski definition) is 6. The van der Waals surface area contributed by atoms with Crippen LogP contribution in [0.5, 0.6) is 0 Å². The van der Waals surface area contributed by atoms with Gasteiger partial charge in [0, 0.05) is 12.6 Å². The lowest BCUT2D eigenvalue weighted by atomic mass is 10.1. The summed E-state index contributed by atoms with van der Waals surface area (Å²) in [6, 6.07) is 1.57. The summed E-state index contributed by atoms with van der Waals surface area (Å²) in [5.74, 6) is 0.277. The van der Waals surface area contributed by atoms with Gasteiger partial charge in [-0.15, -0.1) is 5.10 Å². The van der Waals surface area contributed by atoms with Crippen molar-refractivity contribution < 1.29 is 12.8 Å². The van der Waals surface area contributed by atoms with Gasteiger partial charge in [0.2, 0.25) is 5.89 Å². The summed E-state index contributed by atoms with van der Waals surface area (Å²) in [4.78, 5) is 0.136. The first-order valence-electron chi connectivity index (χ1n) is 5.91. The highest BCUT2D eigenvalue weighted by Crippen LogP contribution is 2.29. The van der Waals surface area contributed by atoms with E-state index >= 15 is 0 Å². The summed E-state index contributed by atoms with van der Waals surface area (Å²) in [5, 5.41) is 7.19. The van der Waals surface area contributed by atoms with Crippen LogP contribution in [0.1, 0.15) is 22.6 Å². The number of anilines is 2. The van der Waals surface area contributed by atoms with Gasteiger partial charge in [0.05, 0.1) is 4.90 Å². The minimum absolute atomic E-state index is 0.136. The molecule has 1 aromatic carbocycles. The fraction of sp³-hybridized carbons (Fsp3) is 0.333. The third-order valence-corrected chi connectivity index (χ3v) is 4.59. The van der Waals surface area contributed by atoms with E-state index in [0.29, 0.717) is 16.8 Å². The summed E-state index contributed by atoms with van der Waals surface area (Å²) in [5.41, 5.74) is 8.31. The Morgan fingerprint density at radius 1 is 1.15 bits per heavy atom. The van der Waals surface area contributed by atoms with Gasteiger partial charge in [-0.05, 0) is 37.5 Å². The Hall–Kier alpha value is -2.09. The number of aromatic nitrogens is 2. The fourth-order valence-electron chi connectivity index (χ4n) is 2.10. The number of rotatable bonds is 3. The summed E-state index contributed by atoms with van der Waals surface area (Å²) >= 11 is 0. The van der Waals surface area contributed by atoms with E-state index in [1.165, 1.54) is 0 Å². The zero-order chi connectivity index (χ0) is 15.1. The molecule has 108 valence electrons. The molecule has 0 atom stereocenters. The molecule has 1 heterocycles. The Morgan fingerprint density at radius 2 is 1.80 bits per heavy atom. The first kappa shape index (κ1) is 14.3. The Balaban J connectivity index is 2.52. The number of benzene rings is 1. The van der Waals surface area contributed by atoms with E-state index in [2.05, 4.69) is 14.9 Å². The molecule has 0 radical (unpaired) electrons. The first-order valence-corrected chi connectivity index (χ1v) is 7.40. The van der Waals surface area contributed by atoms with E-state index in [1.807, 2.05) is 6.92 Å². The van der Waals surface area contributed by atoms with Gasteiger partial charge in [-0.25, -0.2) is 13.1 Å². The molecule has 0 bridgehead atoms. The van der Waals surface area contributed by atoms with Crippen LogP contribution in [0.4, 0.5) is 11.7 Å². The number of nitrogens with one attached hydrogen (secondary N) is 1. The molecule has 0 unspecified atom stereocenters. The van der Waals surface area contributed by atoms with Crippen LogP contribution in [0.25, 0.3) is 0 Å². The third-order valence-electron chi connectivity index (χ3n) is 2.98. The van der Waals surface area contributed by atoms with Crippen LogP contribution >= 0.6 is 0 Å². The quantitative estimate of drug-likeness (QED) is 0.834. The molecule has 7 nitrogen and oxygen atoms in total. The van der Waals surface area contributed by atoms with Crippen molar-refractivity contribution in [2.75, 3.05) is 10.5 Å². The largest absolute Gasteiger partial charge is 0.408 e. The third kappa shape index (κ3) is 2.46. The molecule has 0 spiro atoms. The molecule has 1 aromatic heterocycles. The molecule has 0 aliphatic carbocycles. The molecular weight excluding hydrogens is 280 g/mol. The Bertz CT molecular complexity index is 765. The summed E-state index contributed by atoms with van der Waals surface area (Å²) < 4.78 is 32.1. The molecule has 0 saturated heterocycles. The standard InChI is InChI=1S/C12H16N4O3S/c1-6-5-7(2)11(8(3)10(6)13)20(17,18)16-12-15-14-9(4)19-12/h5H,13H2,1-4H3,(H,15,16). The summed E-state index contributed by atoms with van der Waals surface area (Å²) in [6.45, 7) is 6.79. The highest BCUT2D eigenvalue weighted by atomic mass is 32.2. The lowest BCUT2D eigenvalue weighted by molar-refractivity contribution is 0.534. The highest BCUT2D eigenvalue weighted by molar-refractivity contribution is 7.92. The van der Waals surface area contributed by atoms with Gasteiger partial charge in [0.25, 0.3) is 10.0 Å². The number of nitrogens with zero attached hydrogens (tertiary/aromatic N) is 2. The van der Waals surface area contributed by atoms with E-state index in [4.69, 9.17) is 10.2 Å².